The molecule has 0 unspecified atom stereocenters. The molecule has 0 radical (unpaired) electrons. The highest BCUT2D eigenvalue weighted by Crippen LogP contribution is 2.26. The third-order valence-corrected chi connectivity index (χ3v) is 5.68. The summed E-state index contributed by atoms with van der Waals surface area (Å²) in [7, 11) is 0. The predicted octanol–water partition coefficient (Wildman–Crippen LogP) is 2.05. The van der Waals surface area contributed by atoms with Crippen LogP contribution >= 0.6 is 0 Å². The summed E-state index contributed by atoms with van der Waals surface area (Å²) < 4.78 is 5.85. The van der Waals surface area contributed by atoms with Crippen molar-refractivity contribution < 1.29 is 14.6 Å². The Kier molecular flexibility index (Phi) is 5.64. The number of nitrogens with zero attached hydrogens (tertiary/aromatic N) is 2. The van der Waals surface area contributed by atoms with Gasteiger partial charge in [-0.3, -0.25) is 9.69 Å². The highest BCUT2D eigenvalue weighted by atomic mass is 16.5. The molecule has 2 atom stereocenters. The Balaban J connectivity index is 1.58. The van der Waals surface area contributed by atoms with E-state index in [1.807, 2.05) is 26.8 Å². The molecular weight excluding hydrogens is 316 g/mol. The number of benzene rings is 1. The molecule has 0 aliphatic carbocycles. The van der Waals surface area contributed by atoms with Crippen molar-refractivity contribution in [2.24, 2.45) is 0 Å². The van der Waals surface area contributed by atoms with Crippen LogP contribution in [0.2, 0.25) is 0 Å². The van der Waals surface area contributed by atoms with E-state index in [0.29, 0.717) is 13.1 Å². The van der Waals surface area contributed by atoms with E-state index in [1.165, 1.54) is 19.3 Å². The Morgan fingerprint density at radius 3 is 2.52 bits per heavy atom. The van der Waals surface area contributed by atoms with Gasteiger partial charge in [-0.05, 0) is 63.4 Å². The summed E-state index contributed by atoms with van der Waals surface area (Å²) in [5, 5.41) is 10.4. The maximum absolute atomic E-state index is 12.6. The summed E-state index contributed by atoms with van der Waals surface area (Å²) in [4.78, 5) is 16.7. The Morgan fingerprint density at radius 1 is 1.12 bits per heavy atom. The zero-order valence-corrected chi connectivity index (χ0v) is 15.6. The minimum absolute atomic E-state index is 0.0323. The van der Waals surface area contributed by atoms with Crippen LogP contribution in [0, 0.1) is 20.8 Å². The number of carbonyl (C=O) groups is 1. The number of ether oxygens (including phenoxy) is 1. The third kappa shape index (κ3) is 3.98. The number of amides is 1. The third-order valence-electron chi connectivity index (χ3n) is 5.68. The largest absolute Gasteiger partial charge is 0.483 e. The average molecular weight is 346 g/mol. The van der Waals surface area contributed by atoms with Crippen LogP contribution in [0.1, 0.15) is 36.0 Å². The summed E-state index contributed by atoms with van der Waals surface area (Å²) >= 11 is 0. The van der Waals surface area contributed by atoms with Crippen LogP contribution < -0.4 is 4.74 Å². The first-order valence-corrected chi connectivity index (χ1v) is 9.37. The van der Waals surface area contributed by atoms with E-state index < -0.39 is 6.10 Å². The van der Waals surface area contributed by atoms with Gasteiger partial charge in [0.2, 0.25) is 0 Å². The van der Waals surface area contributed by atoms with Crippen molar-refractivity contribution in [2.75, 3.05) is 32.8 Å². The van der Waals surface area contributed by atoms with Gasteiger partial charge in [-0.2, -0.15) is 0 Å². The first-order valence-electron chi connectivity index (χ1n) is 9.37. The maximum Gasteiger partial charge on any atom is 0.260 e. The lowest BCUT2D eigenvalue weighted by Gasteiger charge is -2.33. The monoisotopic (exact) mass is 346 g/mol. The first-order chi connectivity index (χ1) is 12.0. The zero-order chi connectivity index (χ0) is 18.0. The van der Waals surface area contributed by atoms with Gasteiger partial charge in [0.15, 0.2) is 6.61 Å². The number of piperidine rings is 1. The molecular formula is C20H30N2O3. The second-order valence-electron chi connectivity index (χ2n) is 7.47. The molecule has 0 bridgehead atoms. The van der Waals surface area contributed by atoms with E-state index in [1.54, 1.807) is 4.90 Å². The van der Waals surface area contributed by atoms with Crippen LogP contribution in [0.3, 0.4) is 0 Å². The van der Waals surface area contributed by atoms with Gasteiger partial charge >= 0.3 is 0 Å². The van der Waals surface area contributed by atoms with Crippen LogP contribution in [-0.2, 0) is 4.79 Å². The molecule has 1 aromatic carbocycles. The summed E-state index contributed by atoms with van der Waals surface area (Å²) in [5.41, 5.74) is 3.29. The summed E-state index contributed by atoms with van der Waals surface area (Å²) in [6.07, 6.45) is 3.19. The minimum atomic E-state index is -0.454. The summed E-state index contributed by atoms with van der Waals surface area (Å²) in [6.45, 7) is 9.18. The van der Waals surface area contributed by atoms with Crippen LogP contribution in [0.4, 0.5) is 0 Å². The van der Waals surface area contributed by atoms with Gasteiger partial charge in [0.1, 0.15) is 5.75 Å². The standard InChI is InChI=1S/C20H30N2O3/c1-14-7-8-15(2)20(16(14)3)25-13-19(24)22-11-17(18(23)12-22)21-9-5-4-6-10-21/h7-8,17-18,23H,4-6,9-13H2,1-3H3/t17-,18-/m0/s1. The molecule has 2 aliphatic heterocycles. The van der Waals surface area contributed by atoms with Gasteiger partial charge in [-0.25, -0.2) is 0 Å². The molecule has 0 spiro atoms. The molecule has 25 heavy (non-hydrogen) atoms. The van der Waals surface area contributed by atoms with Crippen LogP contribution in [0.25, 0.3) is 0 Å². The number of aliphatic hydroxyl groups excluding tert-OH is 1. The van der Waals surface area contributed by atoms with Crippen molar-refractivity contribution >= 4 is 5.91 Å². The van der Waals surface area contributed by atoms with E-state index >= 15 is 0 Å². The van der Waals surface area contributed by atoms with Gasteiger partial charge < -0.3 is 14.7 Å². The molecule has 1 N–H and O–H groups in total. The fraction of sp³-hybridized carbons (Fsp3) is 0.650. The number of carbonyl (C=O) groups excluding carboxylic acids is 1. The summed E-state index contributed by atoms with van der Waals surface area (Å²) in [6, 6.07) is 4.17. The van der Waals surface area contributed by atoms with Crippen molar-refractivity contribution in [1.29, 1.82) is 0 Å². The number of aryl methyl sites for hydroxylation is 2. The van der Waals surface area contributed by atoms with Crippen molar-refractivity contribution in [3.8, 4) is 5.75 Å². The minimum Gasteiger partial charge on any atom is -0.483 e. The van der Waals surface area contributed by atoms with E-state index in [4.69, 9.17) is 4.74 Å². The lowest BCUT2D eigenvalue weighted by atomic mass is 10.1. The van der Waals surface area contributed by atoms with Crippen LogP contribution in [-0.4, -0.2) is 65.7 Å². The summed E-state index contributed by atoms with van der Waals surface area (Å²) in [5.74, 6) is 0.763. The molecule has 2 heterocycles. The van der Waals surface area contributed by atoms with Crippen molar-refractivity contribution in [2.45, 2.75) is 52.2 Å². The molecule has 2 aliphatic rings. The van der Waals surface area contributed by atoms with Gasteiger partial charge in [0.05, 0.1) is 12.1 Å². The molecule has 0 aromatic heterocycles. The van der Waals surface area contributed by atoms with Crippen molar-refractivity contribution in [3.63, 3.8) is 0 Å². The molecule has 138 valence electrons. The van der Waals surface area contributed by atoms with E-state index in [-0.39, 0.29) is 18.6 Å². The smallest absolute Gasteiger partial charge is 0.260 e. The molecule has 2 saturated heterocycles. The molecule has 0 saturated carbocycles. The highest BCUT2D eigenvalue weighted by Gasteiger charge is 2.37. The molecule has 5 heteroatoms. The SMILES string of the molecule is Cc1ccc(C)c(OCC(=O)N2C[C@H](O)[C@@H](N3CCCCC3)C2)c1C. The lowest BCUT2D eigenvalue weighted by molar-refractivity contribution is -0.132. The Hall–Kier alpha value is -1.59. The van der Waals surface area contributed by atoms with Gasteiger partial charge in [-0.15, -0.1) is 0 Å². The number of β-amino-alcohol motifs (C(OH)–C–C–N with tert-alkyl or cyclic N) is 1. The van der Waals surface area contributed by atoms with E-state index in [0.717, 1.165) is 35.5 Å². The number of aliphatic hydroxyl groups is 1. The zero-order valence-electron chi connectivity index (χ0n) is 15.6. The van der Waals surface area contributed by atoms with E-state index in [2.05, 4.69) is 11.0 Å². The fourth-order valence-corrected chi connectivity index (χ4v) is 3.95. The Morgan fingerprint density at radius 2 is 1.80 bits per heavy atom. The van der Waals surface area contributed by atoms with Gasteiger partial charge in [0.25, 0.3) is 5.91 Å². The average Bonchev–Trinajstić information content (AvgIpc) is 3.01. The molecule has 5 nitrogen and oxygen atoms in total. The second kappa shape index (κ2) is 7.75. The first kappa shape index (κ1) is 18.2. The quantitative estimate of drug-likeness (QED) is 0.907. The van der Waals surface area contributed by atoms with Crippen LogP contribution in [0.5, 0.6) is 5.75 Å². The molecule has 2 fully saturated rings. The number of hydrogen-bond acceptors (Lipinski definition) is 4. The normalized spacial score (nSPS) is 24.6. The lowest BCUT2D eigenvalue weighted by Crippen LogP contribution is -2.46. The second-order valence-corrected chi connectivity index (χ2v) is 7.47. The van der Waals surface area contributed by atoms with Gasteiger partial charge in [0, 0.05) is 13.1 Å². The molecule has 1 aromatic rings. The highest BCUT2D eigenvalue weighted by molar-refractivity contribution is 5.78. The molecule has 1 amide bonds. The fourth-order valence-electron chi connectivity index (χ4n) is 3.95. The van der Waals surface area contributed by atoms with Gasteiger partial charge in [-0.1, -0.05) is 18.6 Å². The van der Waals surface area contributed by atoms with Crippen molar-refractivity contribution in [1.82, 2.24) is 9.80 Å². The molecule has 3 rings (SSSR count). The van der Waals surface area contributed by atoms with Crippen LogP contribution in [0.15, 0.2) is 12.1 Å². The number of hydrogen-bond donors (Lipinski definition) is 1. The predicted molar refractivity (Wildman–Crippen MR) is 97.9 cm³/mol. The maximum atomic E-state index is 12.6. The number of likely N-dealkylation sites (tertiary alicyclic amines) is 2. The van der Waals surface area contributed by atoms with E-state index in [9.17, 15) is 9.90 Å². The topological polar surface area (TPSA) is 53.0 Å². The Bertz CT molecular complexity index is 626. The Labute approximate surface area is 150 Å². The van der Waals surface area contributed by atoms with Crippen molar-refractivity contribution in [3.05, 3.63) is 28.8 Å². The number of rotatable bonds is 4.